The number of likely N-dealkylation sites (tertiary alicyclic amines) is 1. The Morgan fingerprint density at radius 3 is 2.60 bits per heavy atom. The van der Waals surface area contributed by atoms with Crippen LogP contribution in [0.5, 0.6) is 0 Å². The van der Waals surface area contributed by atoms with Crippen LogP contribution in [0.1, 0.15) is 55.2 Å². The number of nitrogens with zero attached hydrogens (tertiary/aromatic N) is 4. The fourth-order valence-corrected chi connectivity index (χ4v) is 3.42. The van der Waals surface area contributed by atoms with Gasteiger partial charge in [0.2, 0.25) is 0 Å². The Labute approximate surface area is 146 Å². The minimum absolute atomic E-state index is 0.0297. The molecule has 1 amide bonds. The fraction of sp³-hybridized carbons (Fsp3) is 0.556. The molecule has 1 N–H and O–H groups in total. The minimum Gasteiger partial charge on any atom is -0.481 e. The Kier molecular flexibility index (Phi) is 4.74. The van der Waals surface area contributed by atoms with E-state index in [1.165, 1.54) is 0 Å². The normalized spacial score (nSPS) is 15.9. The highest BCUT2D eigenvalue weighted by Gasteiger charge is 2.26. The van der Waals surface area contributed by atoms with Gasteiger partial charge in [-0.25, -0.2) is 9.67 Å². The lowest BCUT2D eigenvalue weighted by Crippen LogP contribution is -2.39. The molecule has 0 radical (unpaired) electrons. The van der Waals surface area contributed by atoms with Gasteiger partial charge in [-0.05, 0) is 45.6 Å². The van der Waals surface area contributed by atoms with Crippen LogP contribution < -0.4 is 0 Å². The third-order valence-electron chi connectivity index (χ3n) is 4.84. The van der Waals surface area contributed by atoms with E-state index in [1.54, 1.807) is 11.1 Å². The first kappa shape index (κ1) is 17.4. The smallest absolute Gasteiger partial charge is 0.303 e. The highest BCUT2D eigenvalue weighted by atomic mass is 16.4. The molecule has 7 nitrogen and oxygen atoms in total. The van der Waals surface area contributed by atoms with Crippen molar-refractivity contribution in [1.29, 1.82) is 0 Å². The molecule has 0 unspecified atom stereocenters. The van der Waals surface area contributed by atoms with Crippen LogP contribution in [-0.2, 0) is 4.79 Å². The van der Waals surface area contributed by atoms with Gasteiger partial charge in [0.15, 0.2) is 5.65 Å². The van der Waals surface area contributed by atoms with Crippen LogP contribution in [-0.4, -0.2) is 49.7 Å². The predicted octanol–water partition coefficient (Wildman–Crippen LogP) is 2.65. The van der Waals surface area contributed by atoms with Crippen molar-refractivity contribution < 1.29 is 14.7 Å². The van der Waals surface area contributed by atoms with Gasteiger partial charge in [-0.15, -0.1) is 0 Å². The van der Waals surface area contributed by atoms with E-state index in [2.05, 4.69) is 10.1 Å². The van der Waals surface area contributed by atoms with Crippen LogP contribution in [0.15, 0.2) is 12.3 Å². The molecule has 2 aromatic rings. The summed E-state index contributed by atoms with van der Waals surface area (Å²) in [5, 5.41) is 14.1. The van der Waals surface area contributed by atoms with Crippen molar-refractivity contribution in [2.45, 2.75) is 46.1 Å². The molecule has 3 heterocycles. The van der Waals surface area contributed by atoms with Crippen molar-refractivity contribution in [1.82, 2.24) is 19.7 Å². The van der Waals surface area contributed by atoms with Crippen molar-refractivity contribution in [2.75, 3.05) is 13.1 Å². The molecule has 0 spiro atoms. The molecule has 3 rings (SSSR count). The van der Waals surface area contributed by atoms with Gasteiger partial charge in [0, 0.05) is 30.9 Å². The van der Waals surface area contributed by atoms with Gasteiger partial charge in [-0.2, -0.15) is 5.10 Å². The molecule has 7 heteroatoms. The van der Waals surface area contributed by atoms with Crippen LogP contribution in [0.3, 0.4) is 0 Å². The van der Waals surface area contributed by atoms with Gasteiger partial charge >= 0.3 is 5.97 Å². The van der Waals surface area contributed by atoms with E-state index >= 15 is 0 Å². The number of pyridine rings is 1. The summed E-state index contributed by atoms with van der Waals surface area (Å²) in [7, 11) is 0. The summed E-state index contributed by atoms with van der Waals surface area (Å²) in [5.74, 6) is -0.636. The Morgan fingerprint density at radius 2 is 2.00 bits per heavy atom. The molecule has 0 bridgehead atoms. The number of aryl methyl sites for hydroxylation is 1. The summed E-state index contributed by atoms with van der Waals surface area (Å²) in [6.45, 7) is 7.13. The Morgan fingerprint density at radius 1 is 1.32 bits per heavy atom. The SMILES string of the molecule is Cc1nc2c(cnn2C(C)C)cc1C(=O)N1CCC(CC(=O)O)CC1. The van der Waals surface area contributed by atoms with E-state index in [0.29, 0.717) is 24.3 Å². The quantitative estimate of drug-likeness (QED) is 0.921. The largest absolute Gasteiger partial charge is 0.481 e. The summed E-state index contributed by atoms with van der Waals surface area (Å²) in [4.78, 5) is 30.1. The average Bonchev–Trinajstić information content (AvgIpc) is 2.96. The van der Waals surface area contributed by atoms with Gasteiger partial charge in [-0.1, -0.05) is 0 Å². The molecule has 2 aromatic heterocycles. The second-order valence-corrected chi connectivity index (χ2v) is 7.05. The monoisotopic (exact) mass is 344 g/mol. The minimum atomic E-state index is -0.766. The summed E-state index contributed by atoms with van der Waals surface area (Å²) in [6, 6.07) is 2.08. The van der Waals surface area contributed by atoms with Crippen molar-refractivity contribution in [2.24, 2.45) is 5.92 Å². The molecule has 25 heavy (non-hydrogen) atoms. The van der Waals surface area contributed by atoms with Crippen molar-refractivity contribution >= 4 is 22.9 Å². The number of carboxylic acids is 1. The highest BCUT2D eigenvalue weighted by molar-refractivity contribution is 5.98. The van der Waals surface area contributed by atoms with Crippen LogP contribution >= 0.6 is 0 Å². The number of aromatic nitrogens is 3. The molecule has 1 fully saturated rings. The van der Waals surface area contributed by atoms with Crippen molar-refractivity contribution in [3.63, 3.8) is 0 Å². The lowest BCUT2D eigenvalue weighted by atomic mass is 9.93. The van der Waals surface area contributed by atoms with Gasteiger partial charge in [0.25, 0.3) is 5.91 Å². The summed E-state index contributed by atoms with van der Waals surface area (Å²) in [6.07, 6.45) is 3.40. The zero-order chi connectivity index (χ0) is 18.1. The van der Waals surface area contributed by atoms with Gasteiger partial charge < -0.3 is 10.0 Å². The molecular weight excluding hydrogens is 320 g/mol. The third-order valence-corrected chi connectivity index (χ3v) is 4.84. The van der Waals surface area contributed by atoms with E-state index in [-0.39, 0.29) is 24.3 Å². The van der Waals surface area contributed by atoms with Crippen LogP contribution in [0.25, 0.3) is 11.0 Å². The predicted molar refractivity (Wildman–Crippen MR) is 93.5 cm³/mol. The van der Waals surface area contributed by atoms with Crippen molar-refractivity contribution in [3.8, 4) is 0 Å². The van der Waals surface area contributed by atoms with E-state index in [0.717, 1.165) is 23.9 Å². The number of piperidine rings is 1. The number of amides is 1. The first-order chi connectivity index (χ1) is 11.9. The number of fused-ring (bicyclic) bond motifs is 1. The highest BCUT2D eigenvalue weighted by Crippen LogP contribution is 2.24. The van der Waals surface area contributed by atoms with Crippen LogP contribution in [0.2, 0.25) is 0 Å². The van der Waals surface area contributed by atoms with Gasteiger partial charge in [0.1, 0.15) is 0 Å². The number of hydrogen-bond donors (Lipinski definition) is 1. The molecule has 0 aliphatic carbocycles. The fourth-order valence-electron chi connectivity index (χ4n) is 3.42. The van der Waals surface area contributed by atoms with E-state index in [9.17, 15) is 9.59 Å². The number of carbonyl (C=O) groups excluding carboxylic acids is 1. The van der Waals surface area contributed by atoms with Gasteiger partial charge in [-0.3, -0.25) is 9.59 Å². The first-order valence-electron chi connectivity index (χ1n) is 8.72. The molecule has 1 aliphatic heterocycles. The van der Waals surface area contributed by atoms with E-state index in [4.69, 9.17) is 5.11 Å². The summed E-state index contributed by atoms with van der Waals surface area (Å²) in [5.41, 5.74) is 2.10. The third kappa shape index (κ3) is 3.50. The maximum absolute atomic E-state index is 12.9. The molecular formula is C18H24N4O3. The molecule has 134 valence electrons. The van der Waals surface area contributed by atoms with E-state index in [1.807, 2.05) is 31.5 Å². The van der Waals surface area contributed by atoms with Gasteiger partial charge in [0.05, 0.1) is 17.5 Å². The summed E-state index contributed by atoms with van der Waals surface area (Å²) >= 11 is 0. The van der Waals surface area contributed by atoms with Crippen LogP contribution in [0.4, 0.5) is 0 Å². The summed E-state index contributed by atoms with van der Waals surface area (Å²) < 4.78 is 1.86. The second-order valence-electron chi connectivity index (χ2n) is 7.05. The standard InChI is InChI=1S/C18H24N4O3/c1-11(2)22-17-14(10-19-22)9-15(12(3)20-17)18(25)21-6-4-13(5-7-21)8-16(23)24/h9-11,13H,4-8H2,1-3H3,(H,23,24). The lowest BCUT2D eigenvalue weighted by molar-refractivity contribution is -0.138. The van der Waals surface area contributed by atoms with Crippen LogP contribution in [0, 0.1) is 12.8 Å². The second kappa shape index (κ2) is 6.82. The maximum Gasteiger partial charge on any atom is 0.303 e. The lowest BCUT2D eigenvalue weighted by Gasteiger charge is -2.31. The number of carboxylic acid groups (broad SMARTS) is 1. The van der Waals surface area contributed by atoms with Crippen molar-refractivity contribution in [3.05, 3.63) is 23.5 Å². The zero-order valence-electron chi connectivity index (χ0n) is 14.9. The molecule has 0 aromatic carbocycles. The number of carbonyl (C=O) groups is 2. The number of rotatable bonds is 4. The first-order valence-corrected chi connectivity index (χ1v) is 8.72. The Balaban J connectivity index is 1.79. The average molecular weight is 344 g/mol. The zero-order valence-corrected chi connectivity index (χ0v) is 14.9. The topological polar surface area (TPSA) is 88.3 Å². The molecule has 0 saturated carbocycles. The Bertz CT molecular complexity index is 804. The molecule has 0 atom stereocenters. The molecule has 1 saturated heterocycles. The Hall–Kier alpha value is -2.44. The number of aliphatic carboxylic acids is 1. The number of hydrogen-bond acceptors (Lipinski definition) is 4. The molecule has 1 aliphatic rings. The maximum atomic E-state index is 12.9. The van der Waals surface area contributed by atoms with E-state index < -0.39 is 5.97 Å².